The van der Waals surface area contributed by atoms with Crippen molar-refractivity contribution in [1.29, 1.82) is 0 Å². The Labute approximate surface area is 144 Å². The van der Waals surface area contributed by atoms with E-state index in [1.165, 1.54) is 6.92 Å². The number of carboxylic acids is 1. The van der Waals surface area contributed by atoms with E-state index in [4.69, 9.17) is 14.6 Å². The van der Waals surface area contributed by atoms with Crippen molar-refractivity contribution in [3.8, 4) is 5.75 Å². The lowest BCUT2D eigenvalue weighted by atomic mass is 10.0. The number of carbonyl (C=O) groups excluding carboxylic acids is 1. The Morgan fingerprint density at radius 1 is 1.24 bits per heavy atom. The summed E-state index contributed by atoms with van der Waals surface area (Å²) in [6, 6.07) is 2.00. The first-order valence-electron chi connectivity index (χ1n) is 7.09. The van der Waals surface area contributed by atoms with Crippen molar-refractivity contribution in [2.24, 2.45) is 0 Å². The molecule has 0 bridgehead atoms. The van der Waals surface area contributed by atoms with Crippen LogP contribution >= 0.6 is 0 Å². The molecule has 0 saturated heterocycles. The molecule has 10 heteroatoms. The summed E-state index contributed by atoms with van der Waals surface area (Å²) in [7, 11) is -5.31. The Bertz CT molecular complexity index is 764. The molecular formula is C15H19FO8S. The van der Waals surface area contributed by atoms with Crippen LogP contribution < -0.4 is 4.18 Å². The average Bonchev–Trinajstić information content (AvgIpc) is 2.37. The SMILES string of the molecule is Cc1c(COCC(=O)OC(C)(C)C)cc(OS(=O)(=O)F)cc1C(=O)O. The van der Waals surface area contributed by atoms with E-state index in [1.807, 2.05) is 0 Å². The van der Waals surface area contributed by atoms with E-state index in [2.05, 4.69) is 4.18 Å². The second kappa shape index (κ2) is 7.79. The topological polar surface area (TPSA) is 116 Å². The van der Waals surface area contributed by atoms with Gasteiger partial charge in [0.05, 0.1) is 12.2 Å². The number of hydrogen-bond donors (Lipinski definition) is 1. The molecule has 0 atom stereocenters. The van der Waals surface area contributed by atoms with Crippen molar-refractivity contribution >= 4 is 22.4 Å². The number of hydrogen-bond acceptors (Lipinski definition) is 7. The molecular weight excluding hydrogens is 359 g/mol. The van der Waals surface area contributed by atoms with Crippen molar-refractivity contribution in [2.45, 2.75) is 39.9 Å². The highest BCUT2D eigenvalue weighted by molar-refractivity contribution is 7.81. The molecule has 0 unspecified atom stereocenters. The van der Waals surface area contributed by atoms with Crippen LogP contribution in [0.5, 0.6) is 5.75 Å². The van der Waals surface area contributed by atoms with E-state index in [0.717, 1.165) is 12.1 Å². The van der Waals surface area contributed by atoms with Crippen molar-refractivity contribution < 1.29 is 40.7 Å². The van der Waals surface area contributed by atoms with Gasteiger partial charge in [-0.2, -0.15) is 8.42 Å². The van der Waals surface area contributed by atoms with Crippen LogP contribution in [-0.4, -0.2) is 37.7 Å². The summed E-state index contributed by atoms with van der Waals surface area (Å²) < 4.78 is 48.1. The third kappa shape index (κ3) is 7.48. The van der Waals surface area contributed by atoms with Crippen LogP contribution in [0.15, 0.2) is 12.1 Å². The normalized spacial score (nSPS) is 11.9. The quantitative estimate of drug-likeness (QED) is 0.567. The summed E-state index contributed by atoms with van der Waals surface area (Å²) in [5.74, 6) is -2.49. The third-order valence-electron chi connectivity index (χ3n) is 2.81. The van der Waals surface area contributed by atoms with Gasteiger partial charge in [-0.15, -0.1) is 0 Å². The molecule has 0 fully saturated rings. The minimum atomic E-state index is -5.31. The van der Waals surface area contributed by atoms with Gasteiger partial charge in [0.25, 0.3) is 0 Å². The zero-order chi connectivity index (χ0) is 19.4. The Balaban J connectivity index is 2.94. The highest BCUT2D eigenvalue weighted by atomic mass is 32.3. The van der Waals surface area contributed by atoms with Crippen molar-refractivity contribution in [2.75, 3.05) is 6.61 Å². The molecule has 1 aromatic carbocycles. The lowest BCUT2D eigenvalue weighted by Crippen LogP contribution is -2.26. The Hall–Kier alpha value is -2.20. The maximum Gasteiger partial charge on any atom is 0.488 e. The number of carboxylic acid groups (broad SMARTS) is 1. The number of halogens is 1. The average molecular weight is 378 g/mol. The molecule has 0 aliphatic heterocycles. The zero-order valence-electron chi connectivity index (χ0n) is 14.2. The number of ether oxygens (including phenoxy) is 2. The molecule has 0 amide bonds. The van der Waals surface area contributed by atoms with Gasteiger partial charge in [0.2, 0.25) is 0 Å². The number of rotatable bonds is 7. The summed E-state index contributed by atoms with van der Waals surface area (Å²) in [5, 5.41) is 9.14. The molecule has 0 heterocycles. The fourth-order valence-electron chi connectivity index (χ4n) is 1.90. The summed E-state index contributed by atoms with van der Waals surface area (Å²) in [4.78, 5) is 22.8. The minimum absolute atomic E-state index is 0.224. The second-order valence-electron chi connectivity index (χ2n) is 6.12. The predicted molar refractivity (Wildman–Crippen MR) is 84.3 cm³/mol. The van der Waals surface area contributed by atoms with Gasteiger partial charge in [0, 0.05) is 0 Å². The van der Waals surface area contributed by atoms with Crippen LogP contribution in [0.1, 0.15) is 42.3 Å². The van der Waals surface area contributed by atoms with Gasteiger partial charge in [-0.05, 0) is 51.0 Å². The number of carbonyl (C=O) groups is 2. The monoisotopic (exact) mass is 378 g/mol. The second-order valence-corrected chi connectivity index (χ2v) is 7.07. The Kier molecular flexibility index (Phi) is 6.49. The standard InChI is InChI=1S/C15H19FO8S/c1-9-10(7-22-8-13(17)23-15(2,3)4)5-11(24-25(16,20)21)6-12(9)14(18)19/h5-6H,7-8H2,1-4H3,(H,18,19). The molecule has 1 aromatic rings. The van der Waals surface area contributed by atoms with Crippen LogP contribution in [0.2, 0.25) is 0 Å². The maximum atomic E-state index is 12.7. The van der Waals surface area contributed by atoms with Crippen LogP contribution in [0, 0.1) is 6.92 Å². The molecule has 0 aromatic heterocycles. The molecule has 1 rings (SSSR count). The highest BCUT2D eigenvalue weighted by Gasteiger charge is 2.19. The largest absolute Gasteiger partial charge is 0.488 e. The van der Waals surface area contributed by atoms with Gasteiger partial charge in [0.15, 0.2) is 0 Å². The van der Waals surface area contributed by atoms with E-state index in [0.29, 0.717) is 0 Å². The molecule has 0 radical (unpaired) electrons. The predicted octanol–water partition coefficient (Wildman–Crippen LogP) is 2.14. The molecule has 0 spiro atoms. The van der Waals surface area contributed by atoms with Crippen LogP contribution in [-0.2, 0) is 31.4 Å². The number of esters is 1. The van der Waals surface area contributed by atoms with Gasteiger partial charge < -0.3 is 18.8 Å². The lowest BCUT2D eigenvalue weighted by Gasteiger charge is -2.19. The van der Waals surface area contributed by atoms with Gasteiger partial charge in [-0.25, -0.2) is 9.59 Å². The van der Waals surface area contributed by atoms with Crippen molar-refractivity contribution in [3.05, 3.63) is 28.8 Å². The fourth-order valence-corrected chi connectivity index (χ4v) is 2.22. The Morgan fingerprint density at radius 3 is 2.32 bits per heavy atom. The summed E-state index contributed by atoms with van der Waals surface area (Å²) in [6.45, 7) is 5.90. The van der Waals surface area contributed by atoms with Gasteiger partial charge >= 0.3 is 22.4 Å². The van der Waals surface area contributed by atoms with Gasteiger partial charge in [-0.3, -0.25) is 0 Å². The summed E-state index contributed by atoms with van der Waals surface area (Å²) in [6.07, 6.45) is 0. The van der Waals surface area contributed by atoms with E-state index >= 15 is 0 Å². The first-order chi connectivity index (χ1) is 11.3. The maximum absolute atomic E-state index is 12.7. The minimum Gasteiger partial charge on any atom is -0.478 e. The highest BCUT2D eigenvalue weighted by Crippen LogP contribution is 2.24. The molecule has 8 nitrogen and oxygen atoms in total. The van der Waals surface area contributed by atoms with Crippen LogP contribution in [0.3, 0.4) is 0 Å². The van der Waals surface area contributed by atoms with E-state index in [9.17, 15) is 21.9 Å². The van der Waals surface area contributed by atoms with Gasteiger partial charge in [0.1, 0.15) is 18.0 Å². The third-order valence-corrected chi connectivity index (χ3v) is 3.20. The fraction of sp³-hybridized carbons (Fsp3) is 0.467. The van der Waals surface area contributed by atoms with E-state index in [-0.39, 0.29) is 23.3 Å². The lowest BCUT2D eigenvalue weighted by molar-refractivity contribution is -0.160. The summed E-state index contributed by atoms with van der Waals surface area (Å²) in [5.41, 5.74) is -0.477. The van der Waals surface area contributed by atoms with Gasteiger partial charge in [-0.1, -0.05) is 3.89 Å². The first-order valence-corrected chi connectivity index (χ1v) is 8.40. The Morgan fingerprint density at radius 2 is 1.84 bits per heavy atom. The van der Waals surface area contributed by atoms with Crippen LogP contribution in [0.4, 0.5) is 3.89 Å². The van der Waals surface area contributed by atoms with Crippen molar-refractivity contribution in [3.63, 3.8) is 0 Å². The molecule has 0 saturated carbocycles. The van der Waals surface area contributed by atoms with E-state index < -0.39 is 40.4 Å². The smallest absolute Gasteiger partial charge is 0.478 e. The number of aromatic carboxylic acids is 1. The summed E-state index contributed by atoms with van der Waals surface area (Å²) >= 11 is 0. The molecule has 1 N–H and O–H groups in total. The molecule has 0 aliphatic carbocycles. The molecule has 140 valence electrons. The van der Waals surface area contributed by atoms with Crippen LogP contribution in [0.25, 0.3) is 0 Å². The number of benzene rings is 1. The zero-order valence-corrected chi connectivity index (χ0v) is 15.0. The molecule has 0 aliphatic rings. The van der Waals surface area contributed by atoms with E-state index in [1.54, 1.807) is 20.8 Å². The first kappa shape index (κ1) is 20.8. The van der Waals surface area contributed by atoms with Crippen molar-refractivity contribution in [1.82, 2.24) is 0 Å². The molecule has 25 heavy (non-hydrogen) atoms.